The molecule has 12 heteroatoms. The lowest BCUT2D eigenvalue weighted by Crippen LogP contribution is -2.56. The molecular weight excluding hydrogens is 538 g/mol. The number of primary amides is 1. The molecule has 10 nitrogen and oxygen atoms in total. The number of amides is 3. The van der Waals surface area contributed by atoms with E-state index in [0.717, 1.165) is 5.56 Å². The van der Waals surface area contributed by atoms with Gasteiger partial charge in [-0.15, -0.1) is 0 Å². The van der Waals surface area contributed by atoms with Crippen molar-refractivity contribution < 1.29 is 23.9 Å². The van der Waals surface area contributed by atoms with E-state index in [4.69, 9.17) is 15.5 Å². The number of nitrogens with two attached hydrogens (primary N) is 1. The molecule has 3 atom stereocenters. The van der Waals surface area contributed by atoms with E-state index >= 15 is 0 Å². The van der Waals surface area contributed by atoms with Crippen molar-refractivity contribution in [3.05, 3.63) is 65.7 Å². The summed E-state index contributed by atoms with van der Waals surface area (Å²) >= 11 is 5.79. The number of hydrogen-bond donors (Lipinski definition) is 3. The van der Waals surface area contributed by atoms with E-state index in [1.165, 1.54) is 28.7 Å². The van der Waals surface area contributed by atoms with Gasteiger partial charge in [-0.2, -0.15) is 24.4 Å². The molecule has 39 heavy (non-hydrogen) atoms. The number of likely N-dealkylation sites (N-methyl/N-ethyl adjacent to an activating group) is 1. The summed E-state index contributed by atoms with van der Waals surface area (Å²) in [7, 11) is 2.83. The van der Waals surface area contributed by atoms with Crippen molar-refractivity contribution in [1.29, 1.82) is 0 Å². The van der Waals surface area contributed by atoms with Crippen LogP contribution >= 0.6 is 24.4 Å². The molecule has 0 radical (unpaired) electrons. The molecule has 0 saturated heterocycles. The number of benzodiazepines with no additional fused rings is 1. The summed E-state index contributed by atoms with van der Waals surface area (Å²) in [4.78, 5) is 59.4. The highest BCUT2D eigenvalue weighted by Crippen LogP contribution is 2.29. The molecule has 1 aliphatic heterocycles. The van der Waals surface area contributed by atoms with Gasteiger partial charge in [-0.1, -0.05) is 48.5 Å². The van der Waals surface area contributed by atoms with Gasteiger partial charge in [-0.05, 0) is 31.5 Å². The average molecular weight is 572 g/mol. The van der Waals surface area contributed by atoms with Crippen LogP contribution in [0, 0.1) is 0 Å². The lowest BCUT2D eigenvalue weighted by atomic mass is 10.0. The van der Waals surface area contributed by atoms with Gasteiger partial charge in [0.15, 0.2) is 6.17 Å². The van der Waals surface area contributed by atoms with E-state index in [2.05, 4.69) is 17.9 Å². The van der Waals surface area contributed by atoms with Gasteiger partial charge in [-0.25, -0.2) is 4.79 Å². The molecule has 3 amide bonds. The fourth-order valence-electron chi connectivity index (χ4n) is 4.27. The number of nitrogens with zero attached hydrogens (tertiary/aromatic N) is 3. The number of fused-ring (bicyclic) bond motifs is 1. The first kappa shape index (κ1) is 30.2. The van der Waals surface area contributed by atoms with E-state index < -0.39 is 41.9 Å². The second-order valence-corrected chi connectivity index (χ2v) is 10.2. The number of carbonyl (C=O) groups excluding carboxylic acids is 4. The molecule has 0 aliphatic carbocycles. The molecule has 0 saturated carbocycles. The number of anilines is 1. The zero-order valence-electron chi connectivity index (χ0n) is 22.1. The predicted octanol–water partition coefficient (Wildman–Crippen LogP) is 1.32. The van der Waals surface area contributed by atoms with Crippen molar-refractivity contribution in [1.82, 2.24) is 10.2 Å². The van der Waals surface area contributed by atoms with Gasteiger partial charge in [0, 0.05) is 16.9 Å². The molecule has 0 bridgehead atoms. The Morgan fingerprint density at radius 3 is 2.46 bits per heavy atom. The maximum Gasteiger partial charge on any atom is 0.328 e. The van der Waals surface area contributed by atoms with Crippen LogP contribution in [0.1, 0.15) is 17.5 Å². The molecule has 1 heterocycles. The summed E-state index contributed by atoms with van der Waals surface area (Å²) in [6.45, 7) is -0.382. The summed E-state index contributed by atoms with van der Waals surface area (Å²) in [5.74, 6) is -1.60. The number of ether oxygens (including phenoxy) is 1. The Morgan fingerprint density at radius 2 is 1.85 bits per heavy atom. The van der Waals surface area contributed by atoms with Crippen LogP contribution in [0.15, 0.2) is 59.6 Å². The minimum Gasteiger partial charge on any atom is -0.467 e. The van der Waals surface area contributed by atoms with Crippen LogP contribution in [-0.4, -0.2) is 91.0 Å². The summed E-state index contributed by atoms with van der Waals surface area (Å²) in [6, 6.07) is 14.7. The molecule has 208 valence electrons. The van der Waals surface area contributed by atoms with Crippen molar-refractivity contribution in [2.45, 2.75) is 24.7 Å². The quantitative estimate of drug-likeness (QED) is 0.258. The number of hydrogen-bond acceptors (Lipinski definition) is 9. The molecular formula is C27H33N5O5S2. The Balaban J connectivity index is 2.07. The largest absolute Gasteiger partial charge is 0.467 e. The van der Waals surface area contributed by atoms with E-state index in [1.807, 2.05) is 48.7 Å². The van der Waals surface area contributed by atoms with E-state index in [9.17, 15) is 19.2 Å². The van der Waals surface area contributed by atoms with Crippen molar-refractivity contribution in [3.8, 4) is 0 Å². The first-order valence-corrected chi connectivity index (χ1v) is 14.3. The SMILES string of the molecule is COC(=O)[C@H](CCSC)NC(=O)CN1C(=O)C(N(C)[C@@H](CS)C(N)=O)N=C(c2ccccc2)c2ccccc21. The van der Waals surface area contributed by atoms with Crippen LogP contribution in [0.4, 0.5) is 5.69 Å². The maximum atomic E-state index is 14.1. The molecule has 3 N–H and O–H groups in total. The van der Waals surface area contributed by atoms with Crippen LogP contribution in [-0.2, 0) is 23.9 Å². The Bertz CT molecular complexity index is 1230. The first-order valence-electron chi connectivity index (χ1n) is 12.3. The van der Waals surface area contributed by atoms with Gasteiger partial charge >= 0.3 is 5.97 Å². The van der Waals surface area contributed by atoms with Gasteiger partial charge in [-0.3, -0.25) is 29.2 Å². The number of benzene rings is 2. The minimum absolute atomic E-state index is 0.0650. The Morgan fingerprint density at radius 1 is 1.18 bits per heavy atom. The molecule has 2 aromatic carbocycles. The van der Waals surface area contributed by atoms with Crippen molar-refractivity contribution in [2.75, 3.05) is 43.4 Å². The summed E-state index contributed by atoms with van der Waals surface area (Å²) < 4.78 is 4.85. The number of methoxy groups -OCH3 is 1. The highest BCUT2D eigenvalue weighted by Gasteiger charge is 2.38. The topological polar surface area (TPSA) is 134 Å². The van der Waals surface area contributed by atoms with Gasteiger partial charge in [0.05, 0.1) is 24.6 Å². The fourth-order valence-corrected chi connectivity index (χ4v) is 5.18. The number of carbonyl (C=O) groups is 4. The molecule has 0 spiro atoms. The number of aliphatic imine (C=N–C) groups is 1. The van der Waals surface area contributed by atoms with Gasteiger partial charge < -0.3 is 15.8 Å². The molecule has 1 unspecified atom stereocenters. The first-order chi connectivity index (χ1) is 18.7. The summed E-state index contributed by atoms with van der Waals surface area (Å²) in [5, 5.41) is 2.70. The highest BCUT2D eigenvalue weighted by atomic mass is 32.2. The van der Waals surface area contributed by atoms with Crippen LogP contribution < -0.4 is 16.0 Å². The van der Waals surface area contributed by atoms with E-state index in [1.54, 1.807) is 19.2 Å². The lowest BCUT2D eigenvalue weighted by molar-refractivity contribution is -0.145. The van der Waals surface area contributed by atoms with Crippen LogP contribution in [0.3, 0.4) is 0 Å². The molecule has 1 aliphatic rings. The number of esters is 1. The van der Waals surface area contributed by atoms with Crippen LogP contribution in [0.5, 0.6) is 0 Å². The fraction of sp³-hybridized carbons (Fsp3) is 0.370. The normalized spacial score (nSPS) is 16.5. The predicted molar refractivity (Wildman–Crippen MR) is 156 cm³/mol. The summed E-state index contributed by atoms with van der Waals surface area (Å²) in [5.41, 5.74) is 7.99. The third kappa shape index (κ3) is 7.20. The zero-order chi connectivity index (χ0) is 28.5. The van der Waals surface area contributed by atoms with Gasteiger partial charge in [0.25, 0.3) is 5.91 Å². The number of para-hydroxylation sites is 1. The maximum absolute atomic E-state index is 14.1. The standard InChI is InChI=1S/C27H33N5O5S2/c1-31(21(16-38)24(28)34)25-26(35)32(15-22(33)29-19(13-14-39-3)27(36)37-2)20-12-8-7-11-18(20)23(30-25)17-9-5-4-6-10-17/h4-12,19,21,25,38H,13-16H2,1-3H3,(H2,28,34)(H,29,33)/t19-,21-,25?/m0/s1. The van der Waals surface area contributed by atoms with Gasteiger partial charge in [0.1, 0.15) is 12.6 Å². The summed E-state index contributed by atoms with van der Waals surface area (Å²) in [6.07, 6.45) is 1.09. The van der Waals surface area contributed by atoms with Crippen molar-refractivity contribution in [3.63, 3.8) is 0 Å². The van der Waals surface area contributed by atoms with Crippen molar-refractivity contribution in [2.24, 2.45) is 10.7 Å². The second-order valence-electron chi connectivity index (χ2n) is 8.85. The van der Waals surface area contributed by atoms with Gasteiger partial charge in [0.2, 0.25) is 11.8 Å². The van der Waals surface area contributed by atoms with Crippen LogP contribution in [0.2, 0.25) is 0 Å². The molecule has 0 fully saturated rings. The third-order valence-corrected chi connectivity index (χ3v) is 7.34. The third-order valence-electron chi connectivity index (χ3n) is 6.35. The number of thiol groups is 1. The average Bonchev–Trinajstić information content (AvgIpc) is 3.05. The monoisotopic (exact) mass is 571 g/mol. The smallest absolute Gasteiger partial charge is 0.328 e. The number of rotatable bonds is 12. The van der Waals surface area contributed by atoms with E-state index in [-0.39, 0.29) is 12.3 Å². The second kappa shape index (κ2) is 14.2. The number of thioether (sulfide) groups is 1. The zero-order valence-corrected chi connectivity index (χ0v) is 23.8. The van der Waals surface area contributed by atoms with E-state index in [0.29, 0.717) is 29.1 Å². The number of nitrogens with one attached hydrogen (secondary N) is 1. The van der Waals surface area contributed by atoms with Crippen molar-refractivity contribution >= 4 is 59.5 Å². The molecule has 3 rings (SSSR count). The Labute approximate surface area is 237 Å². The molecule has 2 aromatic rings. The highest BCUT2D eigenvalue weighted by molar-refractivity contribution is 7.98. The lowest BCUT2D eigenvalue weighted by Gasteiger charge is -2.32. The van der Waals surface area contributed by atoms with Crippen LogP contribution in [0.25, 0.3) is 0 Å². The minimum atomic E-state index is -1.18. The molecule has 0 aromatic heterocycles. The Hall–Kier alpha value is -3.35. The Kier molecular flexibility index (Phi) is 11.0.